The second kappa shape index (κ2) is 7.88. The number of benzene rings is 1. The van der Waals surface area contributed by atoms with Gasteiger partial charge in [-0.05, 0) is 74.6 Å². The molecule has 0 aliphatic heterocycles. The fourth-order valence-electron chi connectivity index (χ4n) is 5.68. The van der Waals surface area contributed by atoms with Crippen molar-refractivity contribution in [3.05, 3.63) is 29.3 Å². The van der Waals surface area contributed by atoms with Crippen molar-refractivity contribution in [1.82, 2.24) is 5.32 Å². The minimum atomic E-state index is -0.704. The monoisotopic (exact) mass is 423 g/mol. The molecule has 2 unspecified atom stereocenters. The Balaban J connectivity index is 1.20. The molecule has 2 N–H and O–H groups in total. The Morgan fingerprint density at radius 2 is 1.86 bits per heavy atom. The highest BCUT2D eigenvalue weighted by molar-refractivity contribution is 7.99. The van der Waals surface area contributed by atoms with Gasteiger partial charge in [0.1, 0.15) is 0 Å². The Labute approximate surface area is 174 Å². The number of aliphatic hydroxyl groups is 1. The number of thioether (sulfide) groups is 1. The van der Waals surface area contributed by atoms with Crippen LogP contribution in [-0.4, -0.2) is 41.5 Å². The lowest BCUT2D eigenvalue weighted by Crippen LogP contribution is -2.58. The van der Waals surface area contributed by atoms with Crippen LogP contribution in [0.15, 0.2) is 29.2 Å². The van der Waals surface area contributed by atoms with Gasteiger partial charge in [-0.15, -0.1) is 11.8 Å². The molecule has 0 heterocycles. The van der Waals surface area contributed by atoms with Crippen molar-refractivity contribution in [2.75, 3.05) is 18.9 Å². The van der Waals surface area contributed by atoms with Gasteiger partial charge in [0.05, 0.1) is 11.0 Å². The van der Waals surface area contributed by atoms with Crippen molar-refractivity contribution in [1.29, 1.82) is 0 Å². The largest absolute Gasteiger partial charge is 0.455 e. The first kappa shape index (κ1) is 20.0. The molecule has 5 rings (SSSR count). The summed E-state index contributed by atoms with van der Waals surface area (Å²) < 4.78 is 5.38. The maximum atomic E-state index is 12.8. The molecule has 0 spiro atoms. The fourth-order valence-corrected chi connectivity index (χ4v) is 6.57. The molecule has 28 heavy (non-hydrogen) atoms. The highest BCUT2D eigenvalue weighted by Gasteiger charge is 2.60. The van der Waals surface area contributed by atoms with E-state index in [2.05, 4.69) is 5.32 Å². The maximum absolute atomic E-state index is 12.8. The van der Waals surface area contributed by atoms with Gasteiger partial charge in [0.2, 0.25) is 0 Å². The molecule has 4 atom stereocenters. The molecule has 1 amide bonds. The summed E-state index contributed by atoms with van der Waals surface area (Å²) in [7, 11) is 0. The highest BCUT2D eigenvalue weighted by atomic mass is 35.5. The Kier molecular flexibility index (Phi) is 5.64. The predicted molar refractivity (Wildman–Crippen MR) is 108 cm³/mol. The van der Waals surface area contributed by atoms with Gasteiger partial charge in [-0.25, -0.2) is 0 Å². The standard InChI is InChI=1S/C21H26ClNO4S/c22-16-1-3-17(4-2-16)28-6-5-23-18(24)12-27-19(25)20-8-14-7-15(9-20)11-21(26,10-14)13-20/h1-4,14-15,26H,5-13H2,(H,23,24)/t14-,15+,20?,21?. The van der Waals surface area contributed by atoms with Crippen molar-refractivity contribution in [2.45, 2.75) is 49.0 Å². The lowest BCUT2D eigenvalue weighted by Gasteiger charge is -2.58. The van der Waals surface area contributed by atoms with Crippen LogP contribution in [0.5, 0.6) is 0 Å². The average molecular weight is 424 g/mol. The highest BCUT2D eigenvalue weighted by Crippen LogP contribution is 2.61. The number of ether oxygens (including phenoxy) is 1. The van der Waals surface area contributed by atoms with Gasteiger partial charge in [-0.3, -0.25) is 9.59 Å². The van der Waals surface area contributed by atoms with E-state index in [-0.39, 0.29) is 18.5 Å². The number of carbonyl (C=O) groups excluding carboxylic acids is 2. The van der Waals surface area contributed by atoms with E-state index in [0.29, 0.717) is 29.8 Å². The van der Waals surface area contributed by atoms with Crippen molar-refractivity contribution in [3.63, 3.8) is 0 Å². The van der Waals surface area contributed by atoms with Crippen molar-refractivity contribution in [2.24, 2.45) is 17.3 Å². The number of halogens is 1. The van der Waals surface area contributed by atoms with Crippen LogP contribution < -0.4 is 5.32 Å². The van der Waals surface area contributed by atoms with Crippen molar-refractivity contribution in [3.8, 4) is 0 Å². The quantitative estimate of drug-likeness (QED) is 0.399. The normalized spacial score (nSPS) is 32.9. The minimum absolute atomic E-state index is 0.250. The first-order valence-electron chi connectivity index (χ1n) is 9.91. The molecular formula is C21H26ClNO4S. The molecule has 0 saturated heterocycles. The van der Waals surface area contributed by atoms with Crippen LogP contribution >= 0.6 is 23.4 Å². The summed E-state index contributed by atoms with van der Waals surface area (Å²) in [6.07, 6.45) is 4.82. The molecular weight excluding hydrogens is 398 g/mol. The summed E-state index contributed by atoms with van der Waals surface area (Å²) in [5, 5.41) is 14.2. The maximum Gasteiger partial charge on any atom is 0.312 e. The van der Waals surface area contributed by atoms with Gasteiger partial charge < -0.3 is 15.2 Å². The topological polar surface area (TPSA) is 75.6 Å². The predicted octanol–water partition coefficient (Wildman–Crippen LogP) is 3.42. The Hall–Kier alpha value is -1.24. The Bertz CT molecular complexity index is 739. The zero-order valence-corrected chi connectivity index (χ0v) is 17.4. The fraction of sp³-hybridized carbons (Fsp3) is 0.619. The van der Waals surface area contributed by atoms with Gasteiger partial charge in [0.15, 0.2) is 6.61 Å². The van der Waals surface area contributed by atoms with Gasteiger partial charge in [0, 0.05) is 22.2 Å². The van der Waals surface area contributed by atoms with Crippen LogP contribution in [0.1, 0.15) is 38.5 Å². The molecule has 4 saturated carbocycles. The van der Waals surface area contributed by atoms with E-state index in [1.54, 1.807) is 11.8 Å². The summed E-state index contributed by atoms with van der Waals surface area (Å²) >= 11 is 7.48. The van der Waals surface area contributed by atoms with E-state index >= 15 is 0 Å². The molecule has 4 aliphatic carbocycles. The lowest BCUT2D eigenvalue weighted by atomic mass is 9.48. The van der Waals surface area contributed by atoms with E-state index < -0.39 is 11.0 Å². The number of hydrogen-bond donors (Lipinski definition) is 2. The van der Waals surface area contributed by atoms with E-state index in [1.807, 2.05) is 24.3 Å². The summed E-state index contributed by atoms with van der Waals surface area (Å²) in [6.45, 7) is 0.249. The van der Waals surface area contributed by atoms with E-state index in [4.69, 9.17) is 16.3 Å². The number of esters is 1. The third-order valence-corrected chi connectivity index (χ3v) is 7.57. The number of nitrogens with one attached hydrogen (secondary N) is 1. The van der Waals surface area contributed by atoms with Crippen LogP contribution in [0.25, 0.3) is 0 Å². The van der Waals surface area contributed by atoms with Crippen LogP contribution in [0.4, 0.5) is 0 Å². The number of rotatable bonds is 7. The number of amides is 1. The molecule has 0 aromatic heterocycles. The van der Waals surface area contributed by atoms with Crippen LogP contribution in [-0.2, 0) is 14.3 Å². The van der Waals surface area contributed by atoms with Crippen molar-refractivity contribution < 1.29 is 19.4 Å². The summed E-state index contributed by atoms with van der Waals surface area (Å²) in [4.78, 5) is 25.9. The van der Waals surface area contributed by atoms with E-state index in [1.165, 1.54) is 0 Å². The zero-order valence-electron chi connectivity index (χ0n) is 15.8. The smallest absolute Gasteiger partial charge is 0.312 e. The SMILES string of the molecule is O=C(COC(=O)C12C[C@@H]3C[C@@H](CC(O)(C3)C1)C2)NCCSc1ccc(Cl)cc1. The van der Waals surface area contributed by atoms with Gasteiger partial charge in [0.25, 0.3) is 5.91 Å². The van der Waals surface area contributed by atoms with Gasteiger partial charge in [-0.1, -0.05) is 11.6 Å². The van der Waals surface area contributed by atoms with Gasteiger partial charge >= 0.3 is 5.97 Å². The molecule has 152 valence electrons. The molecule has 1 aromatic rings. The van der Waals surface area contributed by atoms with Crippen LogP contribution in [0.2, 0.25) is 5.02 Å². The van der Waals surface area contributed by atoms with Crippen LogP contribution in [0.3, 0.4) is 0 Å². The second-order valence-electron chi connectivity index (χ2n) is 8.69. The third kappa shape index (κ3) is 4.34. The first-order valence-corrected chi connectivity index (χ1v) is 11.3. The van der Waals surface area contributed by atoms with Gasteiger partial charge in [-0.2, -0.15) is 0 Å². The molecule has 4 fully saturated rings. The summed E-state index contributed by atoms with van der Waals surface area (Å²) in [5.41, 5.74) is -1.28. The van der Waals surface area contributed by atoms with E-state index in [9.17, 15) is 14.7 Å². The lowest BCUT2D eigenvalue weighted by molar-refractivity contribution is -0.196. The molecule has 7 heteroatoms. The Morgan fingerprint density at radius 3 is 2.50 bits per heavy atom. The van der Waals surface area contributed by atoms with Crippen molar-refractivity contribution >= 4 is 35.2 Å². The summed E-state index contributed by atoms with van der Waals surface area (Å²) in [6, 6.07) is 7.55. The molecule has 4 aliphatic rings. The van der Waals surface area contributed by atoms with E-state index in [0.717, 1.165) is 42.8 Å². The molecule has 1 aromatic carbocycles. The summed E-state index contributed by atoms with van der Waals surface area (Å²) in [5.74, 6) is 0.969. The molecule has 4 bridgehead atoms. The molecule has 0 radical (unpaired) electrons. The molecule has 5 nitrogen and oxygen atoms in total. The minimum Gasteiger partial charge on any atom is -0.455 e. The average Bonchev–Trinajstić information content (AvgIpc) is 2.62. The second-order valence-corrected chi connectivity index (χ2v) is 10.3. The number of hydrogen-bond acceptors (Lipinski definition) is 5. The first-order chi connectivity index (χ1) is 13.4. The van der Waals surface area contributed by atoms with Crippen LogP contribution in [0, 0.1) is 17.3 Å². The number of carbonyl (C=O) groups is 2. The Morgan fingerprint density at radius 1 is 1.18 bits per heavy atom. The zero-order chi connectivity index (χ0) is 19.8. The third-order valence-electron chi connectivity index (χ3n) is 6.30.